The number of carbonyl (C=O) groups is 1. The highest BCUT2D eigenvalue weighted by Crippen LogP contribution is 2.15. The molecular weight excluding hydrogens is 192 g/mol. The molecule has 6 nitrogen and oxygen atoms in total. The first-order valence-electron chi connectivity index (χ1n) is 3.58. The lowest BCUT2D eigenvalue weighted by Crippen LogP contribution is -2.41. The van der Waals surface area contributed by atoms with Crippen molar-refractivity contribution >= 4 is 22.6 Å². The number of hydrogen-bond acceptors (Lipinski definition) is 7. The summed E-state index contributed by atoms with van der Waals surface area (Å²) in [4.78, 5) is 11.2. The van der Waals surface area contributed by atoms with Crippen LogP contribution in [0.15, 0.2) is 0 Å². The van der Waals surface area contributed by atoms with Gasteiger partial charge in [0.1, 0.15) is 5.54 Å². The van der Waals surface area contributed by atoms with Gasteiger partial charge in [-0.05, 0) is 19.1 Å². The fourth-order valence-electron chi connectivity index (χ4n) is 0.755. The van der Waals surface area contributed by atoms with Gasteiger partial charge in [0.05, 0.1) is 7.11 Å². The summed E-state index contributed by atoms with van der Waals surface area (Å²) < 4.78 is 8.16. The van der Waals surface area contributed by atoms with E-state index in [1.807, 2.05) is 0 Å². The van der Waals surface area contributed by atoms with Crippen molar-refractivity contribution in [1.82, 2.24) is 14.8 Å². The third-order valence-corrected chi connectivity index (χ3v) is 1.93. The van der Waals surface area contributed by atoms with Gasteiger partial charge >= 0.3 is 5.97 Å². The molecule has 1 rings (SSSR count). The Balaban J connectivity index is 2.67. The quantitative estimate of drug-likeness (QED) is 0.710. The summed E-state index contributed by atoms with van der Waals surface area (Å²) in [6.45, 7) is 3.39. The van der Waals surface area contributed by atoms with Gasteiger partial charge in [-0.15, -0.1) is 0 Å². The minimum atomic E-state index is -0.810. The van der Waals surface area contributed by atoms with Crippen LogP contribution in [0.5, 0.6) is 0 Å². The smallest absolute Gasteiger partial charge is 0.330 e. The van der Waals surface area contributed by atoms with Gasteiger partial charge in [-0.2, -0.15) is 0 Å². The summed E-state index contributed by atoms with van der Waals surface area (Å²) in [5, 5.41) is 10.4. The number of hydrogen-bond donors (Lipinski definition) is 1. The van der Waals surface area contributed by atoms with Gasteiger partial charge < -0.3 is 10.1 Å². The van der Waals surface area contributed by atoms with Crippen molar-refractivity contribution in [2.24, 2.45) is 0 Å². The van der Waals surface area contributed by atoms with Crippen LogP contribution in [-0.2, 0) is 9.53 Å². The molecule has 1 heterocycles. The molecule has 0 spiro atoms. The molecule has 0 radical (unpaired) electrons. The summed E-state index contributed by atoms with van der Waals surface area (Å²) >= 11 is 1.09. The molecule has 0 aliphatic heterocycles. The van der Waals surface area contributed by atoms with Gasteiger partial charge in [0.2, 0.25) is 5.13 Å². The van der Waals surface area contributed by atoms with Crippen molar-refractivity contribution in [3.05, 3.63) is 0 Å². The largest absolute Gasteiger partial charge is 0.467 e. The van der Waals surface area contributed by atoms with Crippen LogP contribution < -0.4 is 5.32 Å². The Labute approximate surface area is 79.5 Å². The maximum absolute atomic E-state index is 11.2. The van der Waals surface area contributed by atoms with Gasteiger partial charge in [-0.25, -0.2) is 4.79 Å². The van der Waals surface area contributed by atoms with Crippen molar-refractivity contribution in [3.63, 3.8) is 0 Å². The Kier molecular flexibility index (Phi) is 2.76. The van der Waals surface area contributed by atoms with E-state index in [0.717, 1.165) is 11.5 Å². The number of ether oxygens (including phenoxy) is 1. The average molecular weight is 202 g/mol. The normalized spacial score (nSPS) is 11.0. The average Bonchev–Trinajstić information content (AvgIpc) is 2.54. The predicted molar refractivity (Wildman–Crippen MR) is 47.4 cm³/mol. The molecule has 7 heteroatoms. The lowest BCUT2D eigenvalue weighted by Gasteiger charge is -2.21. The number of carbonyl (C=O) groups excluding carboxylic acids is 1. The topological polar surface area (TPSA) is 77.0 Å². The van der Waals surface area contributed by atoms with Crippen LogP contribution in [0.25, 0.3) is 0 Å². The van der Waals surface area contributed by atoms with Crippen LogP contribution in [0.2, 0.25) is 0 Å². The van der Waals surface area contributed by atoms with Crippen molar-refractivity contribution in [1.29, 1.82) is 0 Å². The van der Waals surface area contributed by atoms with E-state index in [-0.39, 0.29) is 5.97 Å². The van der Waals surface area contributed by atoms with Gasteiger partial charge in [0, 0.05) is 11.5 Å². The zero-order valence-corrected chi connectivity index (χ0v) is 8.38. The maximum atomic E-state index is 11.2. The Bertz CT molecular complexity index is 285. The highest BCUT2D eigenvalue weighted by atomic mass is 32.1. The first kappa shape index (κ1) is 9.85. The van der Waals surface area contributed by atoms with Crippen LogP contribution in [-0.4, -0.2) is 33.4 Å². The third kappa shape index (κ3) is 2.35. The van der Waals surface area contributed by atoms with E-state index < -0.39 is 5.54 Å². The molecule has 0 fully saturated rings. The van der Waals surface area contributed by atoms with Gasteiger partial charge in [0.25, 0.3) is 0 Å². The molecule has 0 bridgehead atoms. The Morgan fingerprint density at radius 2 is 2.31 bits per heavy atom. The summed E-state index contributed by atoms with van der Waals surface area (Å²) in [5.41, 5.74) is -0.810. The van der Waals surface area contributed by atoms with Crippen molar-refractivity contribution in [2.45, 2.75) is 19.4 Å². The van der Waals surface area contributed by atoms with Gasteiger partial charge in [-0.1, -0.05) is 9.59 Å². The molecular formula is C6H10N4O2S. The maximum Gasteiger partial charge on any atom is 0.330 e. The van der Waals surface area contributed by atoms with E-state index in [1.54, 1.807) is 13.8 Å². The molecule has 0 saturated heterocycles. The predicted octanol–water partition coefficient (Wildman–Crippen LogP) is 0.297. The fraction of sp³-hybridized carbons (Fsp3) is 0.667. The third-order valence-electron chi connectivity index (χ3n) is 1.41. The second-order valence-electron chi connectivity index (χ2n) is 2.91. The lowest BCUT2D eigenvalue weighted by atomic mass is 10.1. The standard InChI is InChI=1S/C6H10N4O2S/c1-6(2,4(11)12-3)7-5-8-9-10-13-5/h1-3H3,(H,7,8,10). The van der Waals surface area contributed by atoms with Crippen molar-refractivity contribution < 1.29 is 9.53 Å². The Morgan fingerprint density at radius 3 is 2.77 bits per heavy atom. The lowest BCUT2D eigenvalue weighted by molar-refractivity contribution is -0.144. The van der Waals surface area contributed by atoms with E-state index in [2.05, 4.69) is 24.9 Å². The molecule has 1 aromatic rings. The highest BCUT2D eigenvalue weighted by Gasteiger charge is 2.29. The summed E-state index contributed by atoms with van der Waals surface area (Å²) in [6, 6.07) is 0. The zero-order chi connectivity index (χ0) is 9.90. The molecule has 1 N–H and O–H groups in total. The fourth-order valence-corrected chi connectivity index (χ4v) is 1.28. The molecule has 0 amide bonds. The van der Waals surface area contributed by atoms with Gasteiger partial charge in [0.15, 0.2) is 0 Å². The van der Waals surface area contributed by atoms with E-state index in [0.29, 0.717) is 5.13 Å². The Morgan fingerprint density at radius 1 is 1.62 bits per heavy atom. The van der Waals surface area contributed by atoms with E-state index >= 15 is 0 Å². The van der Waals surface area contributed by atoms with Crippen molar-refractivity contribution in [3.8, 4) is 0 Å². The first-order chi connectivity index (χ1) is 6.06. The van der Waals surface area contributed by atoms with Crippen LogP contribution >= 0.6 is 11.5 Å². The first-order valence-corrected chi connectivity index (χ1v) is 4.35. The molecule has 72 valence electrons. The minimum Gasteiger partial charge on any atom is -0.467 e. The Hall–Kier alpha value is -1.24. The van der Waals surface area contributed by atoms with E-state index in [9.17, 15) is 4.79 Å². The van der Waals surface area contributed by atoms with Crippen LogP contribution in [0, 0.1) is 0 Å². The zero-order valence-electron chi connectivity index (χ0n) is 7.57. The SMILES string of the molecule is COC(=O)C(C)(C)Nc1nnns1. The van der Waals surface area contributed by atoms with Crippen LogP contribution in [0.4, 0.5) is 5.13 Å². The summed E-state index contributed by atoms with van der Waals surface area (Å²) in [6.07, 6.45) is 0. The van der Waals surface area contributed by atoms with Crippen molar-refractivity contribution in [2.75, 3.05) is 12.4 Å². The summed E-state index contributed by atoms with van der Waals surface area (Å²) in [7, 11) is 1.34. The second-order valence-corrected chi connectivity index (χ2v) is 3.64. The minimum absolute atomic E-state index is 0.359. The molecule has 0 unspecified atom stereocenters. The molecule has 0 saturated carbocycles. The molecule has 13 heavy (non-hydrogen) atoms. The van der Waals surface area contributed by atoms with Crippen LogP contribution in [0.3, 0.4) is 0 Å². The second kappa shape index (κ2) is 3.65. The summed E-state index contributed by atoms with van der Waals surface area (Å²) in [5.74, 6) is -0.359. The molecule has 0 aliphatic rings. The van der Waals surface area contributed by atoms with Gasteiger partial charge in [-0.3, -0.25) is 0 Å². The van der Waals surface area contributed by atoms with E-state index in [1.165, 1.54) is 7.11 Å². The molecule has 1 aromatic heterocycles. The van der Waals surface area contributed by atoms with E-state index in [4.69, 9.17) is 0 Å². The molecule has 0 aliphatic carbocycles. The monoisotopic (exact) mass is 202 g/mol. The molecule has 0 aromatic carbocycles. The highest BCUT2D eigenvalue weighted by molar-refractivity contribution is 7.09. The number of aromatic nitrogens is 3. The number of anilines is 1. The number of nitrogens with one attached hydrogen (secondary N) is 1. The van der Waals surface area contributed by atoms with Crippen LogP contribution in [0.1, 0.15) is 13.8 Å². The number of methoxy groups -OCH3 is 1. The number of esters is 1. The number of nitrogens with zero attached hydrogens (tertiary/aromatic N) is 3. The molecule has 0 atom stereocenters. The number of rotatable bonds is 3.